The number of anilines is 1. The van der Waals surface area contributed by atoms with Gasteiger partial charge >= 0.3 is 0 Å². The summed E-state index contributed by atoms with van der Waals surface area (Å²) in [6.07, 6.45) is 2.35. The van der Waals surface area contributed by atoms with E-state index in [1.165, 1.54) is 5.56 Å². The summed E-state index contributed by atoms with van der Waals surface area (Å²) in [5.74, 6) is 0.811. The maximum atomic E-state index is 12.5. The van der Waals surface area contributed by atoms with E-state index in [0.29, 0.717) is 12.1 Å². The third-order valence-electron chi connectivity index (χ3n) is 4.18. The molecule has 2 N–H and O–H groups in total. The van der Waals surface area contributed by atoms with Crippen LogP contribution in [0.4, 0.5) is 5.69 Å². The van der Waals surface area contributed by atoms with Crippen molar-refractivity contribution in [1.29, 1.82) is 0 Å². The highest BCUT2D eigenvalue weighted by Crippen LogP contribution is 2.21. The van der Waals surface area contributed by atoms with Crippen LogP contribution in [0, 0.1) is 0 Å². The van der Waals surface area contributed by atoms with Crippen LogP contribution in [0.5, 0.6) is 0 Å². The molecule has 0 spiro atoms. The molecule has 0 bridgehead atoms. The van der Waals surface area contributed by atoms with E-state index in [2.05, 4.69) is 27.8 Å². The molecular formula is C22H24ClN3OS. The molecule has 4 nitrogen and oxygen atoms in total. The van der Waals surface area contributed by atoms with Gasteiger partial charge in [0.2, 0.25) is 5.91 Å². The van der Waals surface area contributed by atoms with Crippen molar-refractivity contribution in [3.05, 3.63) is 90.1 Å². The zero-order chi connectivity index (χ0) is 18.9. The number of hydrogen-bond acceptors (Lipinski definition) is 4. The van der Waals surface area contributed by atoms with Crippen molar-refractivity contribution in [2.24, 2.45) is 0 Å². The average Bonchev–Trinajstić information content (AvgIpc) is 2.73. The average molecular weight is 414 g/mol. The third kappa shape index (κ3) is 6.68. The number of pyridine rings is 1. The molecular weight excluding hydrogens is 390 g/mol. The number of likely N-dealkylation sites (N-methyl/N-ethyl adjacent to an activating group) is 1. The topological polar surface area (TPSA) is 54.0 Å². The number of thioether (sulfide) groups is 1. The molecule has 1 atom stereocenters. The van der Waals surface area contributed by atoms with Gasteiger partial charge in [0.1, 0.15) is 0 Å². The van der Waals surface area contributed by atoms with E-state index in [1.807, 2.05) is 60.7 Å². The van der Waals surface area contributed by atoms with Crippen molar-refractivity contribution in [3.8, 4) is 0 Å². The van der Waals surface area contributed by atoms with Crippen LogP contribution in [-0.4, -0.2) is 24.0 Å². The van der Waals surface area contributed by atoms with Crippen LogP contribution in [-0.2, 0) is 17.0 Å². The Hall–Kier alpha value is -2.34. The van der Waals surface area contributed by atoms with Gasteiger partial charge in [0, 0.05) is 5.75 Å². The van der Waals surface area contributed by atoms with Crippen molar-refractivity contribution in [2.45, 2.75) is 23.2 Å². The summed E-state index contributed by atoms with van der Waals surface area (Å²) in [5.41, 5.74) is 3.09. The number of nitrogens with zero attached hydrogens (tertiary/aromatic N) is 1. The summed E-state index contributed by atoms with van der Waals surface area (Å²) in [4.78, 5) is 17.0. The van der Waals surface area contributed by atoms with E-state index in [4.69, 9.17) is 0 Å². The standard InChI is InChI=1S/C22H23N3OS.ClH/c1-23-20(14-17-8-4-2-5-9-17)22(26)25-19-12-13-21(24-15-19)27-16-18-10-6-3-7-11-18;/h2-13,15,20,23H,14,16H2,1H3,(H,25,26);1H/t20-;/m0./s1. The van der Waals surface area contributed by atoms with Crippen LogP contribution < -0.4 is 10.6 Å². The van der Waals surface area contributed by atoms with Crippen LogP contribution in [0.1, 0.15) is 11.1 Å². The lowest BCUT2D eigenvalue weighted by molar-refractivity contribution is -0.118. The number of carbonyl (C=O) groups excluding carboxylic acids is 1. The number of hydrogen-bond donors (Lipinski definition) is 2. The Bertz CT molecular complexity index is 845. The van der Waals surface area contributed by atoms with Crippen molar-refractivity contribution >= 4 is 35.8 Å². The molecule has 0 radical (unpaired) electrons. The Balaban J connectivity index is 0.00000280. The largest absolute Gasteiger partial charge is 0.323 e. The molecule has 1 amide bonds. The van der Waals surface area contributed by atoms with Crippen molar-refractivity contribution < 1.29 is 4.79 Å². The SMILES string of the molecule is CN[C@@H](Cc1ccccc1)C(=O)Nc1ccc(SCc2ccccc2)nc1.Cl. The van der Waals surface area contributed by atoms with Gasteiger partial charge in [-0.3, -0.25) is 4.79 Å². The zero-order valence-electron chi connectivity index (χ0n) is 15.7. The first kappa shape index (κ1) is 22.0. The first-order chi connectivity index (χ1) is 13.2. The molecule has 0 saturated carbocycles. The quantitative estimate of drug-likeness (QED) is 0.531. The molecule has 0 aliphatic heterocycles. The summed E-state index contributed by atoms with van der Waals surface area (Å²) < 4.78 is 0. The minimum absolute atomic E-state index is 0. The van der Waals surface area contributed by atoms with Gasteiger partial charge in [-0.1, -0.05) is 60.7 Å². The third-order valence-corrected chi connectivity index (χ3v) is 5.20. The number of aromatic nitrogens is 1. The summed E-state index contributed by atoms with van der Waals surface area (Å²) in [5, 5.41) is 6.96. The molecule has 0 saturated heterocycles. The van der Waals surface area contributed by atoms with Gasteiger partial charge in [-0.2, -0.15) is 0 Å². The highest BCUT2D eigenvalue weighted by molar-refractivity contribution is 7.98. The predicted molar refractivity (Wildman–Crippen MR) is 119 cm³/mol. The van der Waals surface area contributed by atoms with Gasteiger partial charge in [0.15, 0.2) is 0 Å². The van der Waals surface area contributed by atoms with Crippen LogP contribution in [0.3, 0.4) is 0 Å². The molecule has 146 valence electrons. The molecule has 0 aliphatic rings. The number of benzene rings is 2. The summed E-state index contributed by atoms with van der Waals surface area (Å²) in [6, 6.07) is 23.8. The van der Waals surface area contributed by atoms with E-state index < -0.39 is 0 Å². The van der Waals surface area contributed by atoms with Crippen LogP contribution >= 0.6 is 24.2 Å². The molecule has 1 aromatic heterocycles. The minimum Gasteiger partial charge on any atom is -0.323 e. The van der Waals surface area contributed by atoms with Gasteiger partial charge in [0.05, 0.1) is 23.0 Å². The Kier molecular flexibility index (Phi) is 9.01. The molecule has 1 heterocycles. The summed E-state index contributed by atoms with van der Waals surface area (Å²) in [6.45, 7) is 0. The lowest BCUT2D eigenvalue weighted by Gasteiger charge is -2.16. The van der Waals surface area contributed by atoms with Gasteiger partial charge in [-0.15, -0.1) is 24.2 Å². The van der Waals surface area contributed by atoms with Gasteiger partial charge in [-0.05, 0) is 36.7 Å². The number of nitrogens with one attached hydrogen (secondary N) is 2. The Morgan fingerprint density at radius 2 is 1.61 bits per heavy atom. The lowest BCUT2D eigenvalue weighted by Crippen LogP contribution is -2.40. The van der Waals surface area contributed by atoms with E-state index in [-0.39, 0.29) is 24.4 Å². The van der Waals surface area contributed by atoms with Gasteiger partial charge in [0.25, 0.3) is 0 Å². The van der Waals surface area contributed by atoms with E-state index in [1.54, 1.807) is 25.0 Å². The lowest BCUT2D eigenvalue weighted by atomic mass is 10.1. The summed E-state index contributed by atoms with van der Waals surface area (Å²) >= 11 is 1.68. The normalized spacial score (nSPS) is 11.3. The maximum Gasteiger partial charge on any atom is 0.241 e. The highest BCUT2D eigenvalue weighted by Gasteiger charge is 2.17. The molecule has 3 rings (SSSR count). The highest BCUT2D eigenvalue weighted by atomic mass is 35.5. The van der Waals surface area contributed by atoms with E-state index in [9.17, 15) is 4.79 Å². The first-order valence-electron chi connectivity index (χ1n) is 8.89. The number of amides is 1. The number of rotatable bonds is 8. The zero-order valence-corrected chi connectivity index (χ0v) is 17.3. The van der Waals surface area contributed by atoms with Crippen molar-refractivity contribution in [2.75, 3.05) is 12.4 Å². The van der Waals surface area contributed by atoms with Crippen LogP contribution in [0.25, 0.3) is 0 Å². The Morgan fingerprint density at radius 3 is 2.18 bits per heavy atom. The van der Waals surface area contributed by atoms with E-state index in [0.717, 1.165) is 16.3 Å². The van der Waals surface area contributed by atoms with Crippen LogP contribution in [0.15, 0.2) is 84.0 Å². The second-order valence-corrected chi connectivity index (χ2v) is 7.18. The van der Waals surface area contributed by atoms with Crippen molar-refractivity contribution in [3.63, 3.8) is 0 Å². The predicted octanol–water partition coefficient (Wildman–Crippen LogP) is 4.56. The first-order valence-corrected chi connectivity index (χ1v) is 9.88. The molecule has 3 aromatic rings. The van der Waals surface area contributed by atoms with Crippen molar-refractivity contribution in [1.82, 2.24) is 10.3 Å². The fourth-order valence-corrected chi connectivity index (χ4v) is 3.47. The van der Waals surface area contributed by atoms with Gasteiger partial charge in [-0.25, -0.2) is 4.98 Å². The number of halogens is 1. The van der Waals surface area contributed by atoms with E-state index >= 15 is 0 Å². The molecule has 6 heteroatoms. The summed E-state index contributed by atoms with van der Waals surface area (Å²) in [7, 11) is 1.80. The molecule has 28 heavy (non-hydrogen) atoms. The second-order valence-electron chi connectivity index (χ2n) is 6.18. The minimum atomic E-state index is -0.292. The van der Waals surface area contributed by atoms with Crippen LogP contribution in [0.2, 0.25) is 0 Å². The Labute approximate surface area is 176 Å². The maximum absolute atomic E-state index is 12.5. The fraction of sp³-hybridized carbons (Fsp3) is 0.182. The second kappa shape index (κ2) is 11.5. The molecule has 2 aromatic carbocycles. The molecule has 0 fully saturated rings. The fourth-order valence-electron chi connectivity index (χ4n) is 2.68. The Morgan fingerprint density at radius 1 is 0.964 bits per heavy atom. The molecule has 0 aliphatic carbocycles. The van der Waals surface area contributed by atoms with Gasteiger partial charge < -0.3 is 10.6 Å². The monoisotopic (exact) mass is 413 g/mol. The number of carbonyl (C=O) groups is 1. The molecule has 0 unspecified atom stereocenters. The smallest absolute Gasteiger partial charge is 0.241 e.